The van der Waals surface area contributed by atoms with E-state index in [0.29, 0.717) is 5.88 Å². The van der Waals surface area contributed by atoms with Crippen molar-refractivity contribution in [3.8, 4) is 0 Å². The number of alkyl halides is 1. The van der Waals surface area contributed by atoms with E-state index in [4.69, 9.17) is 24.3 Å². The van der Waals surface area contributed by atoms with Crippen LogP contribution in [-0.2, 0) is 12.7 Å². The van der Waals surface area contributed by atoms with Crippen LogP contribution in [0.2, 0.25) is 45.3 Å². The second-order valence-corrected chi connectivity index (χ2v) is 18.8. The normalized spacial score (nSPS) is 14.1. The van der Waals surface area contributed by atoms with Gasteiger partial charge in [0, 0.05) is 19.0 Å². The molecule has 0 aliphatic heterocycles. The first kappa shape index (κ1) is 17.8. The molecule has 0 fully saturated rings. The number of rotatable bonds is 8. The van der Waals surface area contributed by atoms with Crippen molar-refractivity contribution in [2.24, 2.45) is 0 Å². The molecule has 17 heavy (non-hydrogen) atoms. The fraction of sp³-hybridized carbons (Fsp3) is 1.00. The summed E-state index contributed by atoms with van der Waals surface area (Å²) in [5.41, 5.74) is 0. The van der Waals surface area contributed by atoms with Crippen LogP contribution in [0.5, 0.6) is 0 Å². The minimum atomic E-state index is -2.52. The number of halogens is 1. The zero-order valence-corrected chi connectivity index (χ0v) is 16.0. The molecule has 0 radical (unpaired) electrons. The molecular weight excluding hydrogens is 288 g/mol. The Morgan fingerprint density at radius 2 is 1.29 bits per heavy atom. The maximum absolute atomic E-state index is 6.26. The minimum absolute atomic E-state index is 0.627. The molecule has 0 bridgehead atoms. The predicted molar refractivity (Wildman–Crippen MR) is 81.8 cm³/mol. The molecule has 0 rings (SSSR count). The molecular formula is C10H27ClO3Si3. The average Bonchev–Trinajstić information content (AvgIpc) is 2.09. The Balaban J connectivity index is 4.87. The lowest BCUT2D eigenvalue weighted by Gasteiger charge is -2.38. The highest BCUT2D eigenvalue weighted by atomic mass is 35.5. The van der Waals surface area contributed by atoms with Crippen molar-refractivity contribution in [2.75, 3.05) is 13.0 Å². The van der Waals surface area contributed by atoms with E-state index in [1.807, 2.05) is 0 Å². The Labute approximate surface area is 114 Å². The van der Waals surface area contributed by atoms with Gasteiger partial charge in [-0.2, -0.15) is 0 Å². The van der Waals surface area contributed by atoms with E-state index >= 15 is 0 Å². The van der Waals surface area contributed by atoms with Crippen molar-refractivity contribution in [2.45, 2.75) is 51.7 Å². The lowest BCUT2D eigenvalue weighted by molar-refractivity contribution is 0.199. The van der Waals surface area contributed by atoms with Crippen molar-refractivity contribution in [1.29, 1.82) is 0 Å². The summed E-state index contributed by atoms with van der Waals surface area (Å²) >= 11 is 5.79. The summed E-state index contributed by atoms with van der Waals surface area (Å²) in [5, 5.41) is 0. The Kier molecular flexibility index (Phi) is 7.16. The smallest absolute Gasteiger partial charge is 0.416 e. The van der Waals surface area contributed by atoms with Gasteiger partial charge in [-0.3, -0.25) is 0 Å². The van der Waals surface area contributed by atoms with Gasteiger partial charge in [0.15, 0.2) is 16.6 Å². The number of hydrogen-bond donors (Lipinski definition) is 0. The van der Waals surface area contributed by atoms with Gasteiger partial charge < -0.3 is 12.7 Å². The first-order valence-electron chi connectivity index (χ1n) is 6.05. The van der Waals surface area contributed by atoms with Crippen molar-refractivity contribution >= 4 is 37.0 Å². The van der Waals surface area contributed by atoms with Crippen molar-refractivity contribution in [1.82, 2.24) is 0 Å². The van der Waals surface area contributed by atoms with Crippen LogP contribution < -0.4 is 0 Å². The largest absolute Gasteiger partial charge is 0.479 e. The highest BCUT2D eigenvalue weighted by Gasteiger charge is 2.46. The first-order chi connectivity index (χ1) is 7.54. The van der Waals surface area contributed by atoms with Gasteiger partial charge >= 0.3 is 8.80 Å². The molecule has 0 aliphatic rings. The molecule has 0 amide bonds. The van der Waals surface area contributed by atoms with Gasteiger partial charge in [-0.25, -0.2) is 0 Å². The molecule has 0 N–H and O–H groups in total. The molecule has 104 valence electrons. The Bertz CT molecular complexity index is 210. The fourth-order valence-corrected chi connectivity index (χ4v) is 12.2. The predicted octanol–water partition coefficient (Wildman–Crippen LogP) is 3.90. The molecule has 7 heteroatoms. The molecule has 0 saturated carbocycles. The van der Waals surface area contributed by atoms with Gasteiger partial charge in [-0.15, -0.1) is 11.6 Å². The van der Waals surface area contributed by atoms with Crippen LogP contribution >= 0.6 is 11.6 Å². The van der Waals surface area contributed by atoms with Crippen molar-refractivity contribution in [3.05, 3.63) is 0 Å². The molecule has 0 aromatic heterocycles. The van der Waals surface area contributed by atoms with Crippen LogP contribution in [-0.4, -0.2) is 38.4 Å². The third-order valence-electron chi connectivity index (χ3n) is 1.85. The monoisotopic (exact) mass is 314 g/mol. The van der Waals surface area contributed by atoms with Gasteiger partial charge in [0.05, 0.1) is 0 Å². The van der Waals surface area contributed by atoms with Crippen molar-refractivity contribution in [3.63, 3.8) is 0 Å². The molecule has 0 spiro atoms. The second kappa shape index (κ2) is 6.83. The van der Waals surface area contributed by atoms with E-state index in [1.54, 1.807) is 7.11 Å². The standard InChI is InChI=1S/C10H27ClO3Si3/c1-12-17(10-8-9-11,13-15(2,3)4)14-16(5,6)7/h8-10H2,1-7H3. The van der Waals surface area contributed by atoms with Crippen molar-refractivity contribution < 1.29 is 12.7 Å². The Hall–Kier alpha value is 0.821. The minimum Gasteiger partial charge on any atom is -0.416 e. The topological polar surface area (TPSA) is 27.7 Å². The third kappa shape index (κ3) is 8.52. The summed E-state index contributed by atoms with van der Waals surface area (Å²) in [5.74, 6) is 0.627. The van der Waals surface area contributed by atoms with E-state index in [9.17, 15) is 0 Å². The van der Waals surface area contributed by atoms with Gasteiger partial charge in [-0.05, 0) is 45.7 Å². The van der Waals surface area contributed by atoms with Crippen LogP contribution in [0.3, 0.4) is 0 Å². The maximum atomic E-state index is 6.26. The number of hydrogen-bond acceptors (Lipinski definition) is 3. The summed E-state index contributed by atoms with van der Waals surface area (Å²) in [6, 6.07) is 0.821. The molecule has 0 aliphatic carbocycles. The van der Waals surface area contributed by atoms with Gasteiger partial charge in [0.2, 0.25) is 0 Å². The summed E-state index contributed by atoms with van der Waals surface area (Å²) in [4.78, 5) is 0. The highest BCUT2D eigenvalue weighted by Crippen LogP contribution is 2.26. The van der Waals surface area contributed by atoms with Crippen LogP contribution in [0.4, 0.5) is 0 Å². The van der Waals surface area contributed by atoms with Gasteiger partial charge in [0.1, 0.15) is 0 Å². The highest BCUT2D eigenvalue weighted by molar-refractivity contribution is 6.85. The Morgan fingerprint density at radius 1 is 0.882 bits per heavy atom. The maximum Gasteiger partial charge on any atom is 0.479 e. The summed E-state index contributed by atoms with van der Waals surface area (Å²) in [7, 11) is -4.16. The van der Waals surface area contributed by atoms with Gasteiger partial charge in [0.25, 0.3) is 0 Å². The van der Waals surface area contributed by atoms with E-state index in [0.717, 1.165) is 12.5 Å². The molecule has 0 aromatic rings. The summed E-state index contributed by atoms with van der Waals surface area (Å²) in [6.07, 6.45) is 0.885. The molecule has 0 unspecified atom stereocenters. The lowest BCUT2D eigenvalue weighted by atomic mass is 10.6. The molecule has 0 saturated heterocycles. The fourth-order valence-electron chi connectivity index (χ4n) is 1.52. The SMILES string of the molecule is CO[Si](CCCCl)(O[Si](C)(C)C)O[Si](C)(C)C. The average molecular weight is 315 g/mol. The van der Waals surface area contributed by atoms with E-state index in [2.05, 4.69) is 39.3 Å². The third-order valence-corrected chi connectivity index (χ3v) is 11.1. The molecule has 0 heterocycles. The van der Waals surface area contributed by atoms with E-state index in [1.165, 1.54) is 0 Å². The van der Waals surface area contributed by atoms with Crippen LogP contribution in [0, 0.1) is 0 Å². The zero-order valence-electron chi connectivity index (χ0n) is 12.2. The molecule has 0 atom stereocenters. The lowest BCUT2D eigenvalue weighted by Crippen LogP contribution is -2.56. The zero-order chi connectivity index (χ0) is 13.7. The second-order valence-electron chi connectivity index (χ2n) is 6.11. The van der Waals surface area contributed by atoms with Crippen LogP contribution in [0.25, 0.3) is 0 Å². The summed E-state index contributed by atoms with van der Waals surface area (Å²) in [6.45, 7) is 13.0. The molecule has 0 aromatic carbocycles. The summed E-state index contributed by atoms with van der Waals surface area (Å²) < 4.78 is 18.2. The Morgan fingerprint density at radius 3 is 1.53 bits per heavy atom. The van der Waals surface area contributed by atoms with Crippen LogP contribution in [0.15, 0.2) is 0 Å². The quantitative estimate of drug-likeness (QED) is 0.502. The van der Waals surface area contributed by atoms with Crippen LogP contribution in [0.1, 0.15) is 6.42 Å². The first-order valence-corrected chi connectivity index (χ1v) is 15.3. The van der Waals surface area contributed by atoms with E-state index in [-0.39, 0.29) is 0 Å². The van der Waals surface area contributed by atoms with E-state index < -0.39 is 25.4 Å². The van der Waals surface area contributed by atoms with Gasteiger partial charge in [-0.1, -0.05) is 0 Å². The molecule has 3 nitrogen and oxygen atoms in total.